The van der Waals surface area contributed by atoms with Gasteiger partial charge in [-0.15, -0.1) is 0 Å². The average molecular weight is 191 g/mol. The Morgan fingerprint density at radius 2 is 2.43 bits per heavy atom. The Hall–Kier alpha value is -2.11. The first-order valence-electron chi connectivity index (χ1n) is 4.10. The number of aromatic amines is 2. The normalized spacial score (nSPS) is 10.0. The van der Waals surface area contributed by atoms with Gasteiger partial charge in [-0.2, -0.15) is 5.10 Å². The fourth-order valence-electron chi connectivity index (χ4n) is 1.03. The Labute approximate surface area is 79.8 Å². The maximum Gasteiger partial charge on any atom is 0.254 e. The number of H-pyrrole nitrogens is 2. The molecule has 0 aliphatic rings. The second-order valence-corrected chi connectivity index (χ2v) is 2.75. The van der Waals surface area contributed by atoms with E-state index in [4.69, 9.17) is 0 Å². The molecule has 2 rings (SSSR count). The quantitative estimate of drug-likeness (QED) is 0.641. The molecule has 6 nitrogen and oxygen atoms in total. The predicted molar refractivity (Wildman–Crippen MR) is 48.3 cm³/mol. The lowest BCUT2D eigenvalue weighted by atomic mass is 10.3. The van der Waals surface area contributed by atoms with Crippen molar-refractivity contribution < 1.29 is 4.79 Å². The molecule has 0 radical (unpaired) electrons. The lowest BCUT2D eigenvalue weighted by Gasteiger charge is -1.99. The monoisotopic (exact) mass is 191 g/mol. The number of amides is 1. The van der Waals surface area contributed by atoms with Gasteiger partial charge in [-0.05, 0) is 0 Å². The van der Waals surface area contributed by atoms with Gasteiger partial charge in [-0.3, -0.25) is 9.89 Å². The number of nitrogens with one attached hydrogen (secondary N) is 3. The third-order valence-electron chi connectivity index (χ3n) is 1.75. The number of imidazole rings is 1. The first-order chi connectivity index (χ1) is 6.86. The average Bonchev–Trinajstić information content (AvgIpc) is 2.87. The van der Waals surface area contributed by atoms with Gasteiger partial charge in [0.2, 0.25) is 0 Å². The number of nitrogens with zero attached hydrogens (tertiary/aromatic N) is 2. The second-order valence-electron chi connectivity index (χ2n) is 2.75. The minimum absolute atomic E-state index is 0.159. The predicted octanol–water partition coefficient (Wildman–Crippen LogP) is 0.0628. The summed E-state index contributed by atoms with van der Waals surface area (Å²) in [5, 5.41) is 8.97. The van der Waals surface area contributed by atoms with Crippen LogP contribution in [0.25, 0.3) is 0 Å². The molecule has 0 aliphatic carbocycles. The van der Waals surface area contributed by atoms with Crippen LogP contribution in [0.3, 0.4) is 0 Å². The molecule has 6 heteroatoms. The van der Waals surface area contributed by atoms with Gasteiger partial charge in [-0.25, -0.2) is 4.98 Å². The molecule has 2 heterocycles. The van der Waals surface area contributed by atoms with Gasteiger partial charge in [0.05, 0.1) is 30.3 Å². The van der Waals surface area contributed by atoms with Crippen molar-refractivity contribution in [2.24, 2.45) is 0 Å². The van der Waals surface area contributed by atoms with E-state index in [9.17, 15) is 4.79 Å². The van der Waals surface area contributed by atoms with Crippen LogP contribution in [0.1, 0.15) is 16.1 Å². The highest BCUT2D eigenvalue weighted by atomic mass is 16.1. The van der Waals surface area contributed by atoms with E-state index in [-0.39, 0.29) is 5.91 Å². The van der Waals surface area contributed by atoms with Gasteiger partial charge in [0.25, 0.3) is 5.91 Å². The highest BCUT2D eigenvalue weighted by molar-refractivity contribution is 5.93. The van der Waals surface area contributed by atoms with Crippen molar-refractivity contribution in [3.63, 3.8) is 0 Å². The Morgan fingerprint density at radius 3 is 3.07 bits per heavy atom. The van der Waals surface area contributed by atoms with Crippen LogP contribution in [-0.4, -0.2) is 26.1 Å². The minimum atomic E-state index is -0.159. The molecule has 0 bridgehead atoms. The SMILES string of the molecule is O=C(NCc1cnc[nH]1)c1cn[nH]c1. The first-order valence-corrected chi connectivity index (χ1v) is 4.10. The van der Waals surface area contributed by atoms with Gasteiger partial charge in [0.15, 0.2) is 0 Å². The zero-order chi connectivity index (χ0) is 9.80. The topological polar surface area (TPSA) is 86.5 Å². The van der Waals surface area contributed by atoms with E-state index in [2.05, 4.69) is 25.5 Å². The number of aromatic nitrogens is 4. The summed E-state index contributed by atoms with van der Waals surface area (Å²) >= 11 is 0. The molecule has 0 aromatic carbocycles. The summed E-state index contributed by atoms with van der Waals surface area (Å²) in [6, 6.07) is 0. The van der Waals surface area contributed by atoms with E-state index in [0.717, 1.165) is 5.69 Å². The molecule has 2 aromatic rings. The van der Waals surface area contributed by atoms with Crippen molar-refractivity contribution in [3.8, 4) is 0 Å². The molecule has 0 saturated carbocycles. The molecule has 0 saturated heterocycles. The molecule has 3 N–H and O–H groups in total. The van der Waals surface area contributed by atoms with Gasteiger partial charge < -0.3 is 10.3 Å². The van der Waals surface area contributed by atoms with Crippen LogP contribution in [0, 0.1) is 0 Å². The van der Waals surface area contributed by atoms with Crippen LogP contribution in [0.5, 0.6) is 0 Å². The van der Waals surface area contributed by atoms with Crippen LogP contribution in [0.15, 0.2) is 24.9 Å². The van der Waals surface area contributed by atoms with E-state index in [1.54, 1.807) is 18.7 Å². The molecular formula is C8H9N5O. The Balaban J connectivity index is 1.90. The third-order valence-corrected chi connectivity index (χ3v) is 1.75. The van der Waals surface area contributed by atoms with Crippen molar-refractivity contribution >= 4 is 5.91 Å². The van der Waals surface area contributed by atoms with Crippen molar-refractivity contribution in [2.75, 3.05) is 0 Å². The number of carbonyl (C=O) groups excluding carboxylic acids is 1. The largest absolute Gasteiger partial charge is 0.347 e. The van der Waals surface area contributed by atoms with E-state index < -0.39 is 0 Å². The summed E-state index contributed by atoms with van der Waals surface area (Å²) in [6.07, 6.45) is 6.25. The van der Waals surface area contributed by atoms with E-state index >= 15 is 0 Å². The fourth-order valence-corrected chi connectivity index (χ4v) is 1.03. The number of hydrogen-bond donors (Lipinski definition) is 3. The molecule has 0 spiro atoms. The zero-order valence-corrected chi connectivity index (χ0v) is 7.32. The number of hydrogen-bond acceptors (Lipinski definition) is 3. The molecule has 0 unspecified atom stereocenters. The standard InChI is InChI=1S/C8H9N5O/c14-8(6-1-12-13-2-6)10-4-7-3-9-5-11-7/h1-3,5H,4H2,(H,9,11)(H,10,14)(H,12,13). The lowest BCUT2D eigenvalue weighted by molar-refractivity contribution is 0.0950. The van der Waals surface area contributed by atoms with Crippen LogP contribution in [0.2, 0.25) is 0 Å². The van der Waals surface area contributed by atoms with Crippen LogP contribution < -0.4 is 5.32 Å². The van der Waals surface area contributed by atoms with Gasteiger partial charge in [0.1, 0.15) is 0 Å². The second kappa shape index (κ2) is 3.73. The molecule has 72 valence electrons. The third kappa shape index (κ3) is 1.79. The molecule has 0 atom stereocenters. The van der Waals surface area contributed by atoms with Crippen molar-refractivity contribution in [1.82, 2.24) is 25.5 Å². The van der Waals surface area contributed by atoms with Crippen molar-refractivity contribution in [1.29, 1.82) is 0 Å². The fraction of sp³-hybridized carbons (Fsp3) is 0.125. The summed E-state index contributed by atoms with van der Waals surface area (Å²) < 4.78 is 0. The summed E-state index contributed by atoms with van der Waals surface area (Å²) in [5.41, 5.74) is 1.38. The van der Waals surface area contributed by atoms with Crippen LogP contribution >= 0.6 is 0 Å². The molecule has 14 heavy (non-hydrogen) atoms. The number of rotatable bonds is 3. The Bertz CT molecular complexity index is 391. The van der Waals surface area contributed by atoms with E-state index in [1.165, 1.54) is 6.20 Å². The van der Waals surface area contributed by atoms with E-state index in [1.807, 2.05) is 0 Å². The summed E-state index contributed by atoms with van der Waals surface area (Å²) in [4.78, 5) is 18.1. The lowest BCUT2D eigenvalue weighted by Crippen LogP contribution is -2.22. The van der Waals surface area contributed by atoms with Crippen molar-refractivity contribution in [2.45, 2.75) is 6.54 Å². The zero-order valence-electron chi connectivity index (χ0n) is 7.32. The van der Waals surface area contributed by atoms with Gasteiger partial charge in [-0.1, -0.05) is 0 Å². The van der Waals surface area contributed by atoms with Gasteiger partial charge in [0, 0.05) is 12.4 Å². The van der Waals surface area contributed by atoms with Crippen molar-refractivity contribution in [3.05, 3.63) is 36.2 Å². The smallest absolute Gasteiger partial charge is 0.254 e. The maximum absolute atomic E-state index is 11.4. The Morgan fingerprint density at radius 1 is 1.50 bits per heavy atom. The molecular weight excluding hydrogens is 182 g/mol. The van der Waals surface area contributed by atoms with Crippen LogP contribution in [0.4, 0.5) is 0 Å². The first kappa shape index (κ1) is 8.49. The summed E-state index contributed by atoms with van der Waals surface area (Å²) in [7, 11) is 0. The summed E-state index contributed by atoms with van der Waals surface area (Å²) in [5.74, 6) is -0.159. The Kier molecular flexibility index (Phi) is 2.26. The highest BCUT2D eigenvalue weighted by Crippen LogP contribution is 1.95. The summed E-state index contributed by atoms with van der Waals surface area (Å²) in [6.45, 7) is 0.435. The number of carbonyl (C=O) groups is 1. The highest BCUT2D eigenvalue weighted by Gasteiger charge is 2.05. The minimum Gasteiger partial charge on any atom is -0.347 e. The molecule has 1 amide bonds. The van der Waals surface area contributed by atoms with Crippen LogP contribution in [-0.2, 0) is 6.54 Å². The molecule has 0 aliphatic heterocycles. The molecule has 0 fully saturated rings. The van der Waals surface area contributed by atoms with E-state index in [0.29, 0.717) is 12.1 Å². The van der Waals surface area contributed by atoms with Gasteiger partial charge >= 0.3 is 0 Å². The maximum atomic E-state index is 11.4. The molecule has 2 aromatic heterocycles.